The first-order valence-corrected chi connectivity index (χ1v) is 6.41. The number of ether oxygens (including phenoxy) is 1. The molecule has 3 aromatic rings. The number of hydrogen-bond acceptors (Lipinski definition) is 4. The molecule has 0 atom stereocenters. The van der Waals surface area contributed by atoms with E-state index >= 15 is 0 Å². The first-order chi connectivity index (χ1) is 10.9. The highest BCUT2D eigenvalue weighted by atomic mass is 19.2. The van der Waals surface area contributed by atoms with Gasteiger partial charge in [0.05, 0.1) is 12.5 Å². The van der Waals surface area contributed by atoms with Gasteiger partial charge in [-0.1, -0.05) is 12.1 Å². The molecule has 7 heteroatoms. The zero-order valence-electron chi connectivity index (χ0n) is 11.7. The highest BCUT2D eigenvalue weighted by Gasteiger charge is 2.24. The molecule has 2 aromatic carbocycles. The minimum absolute atomic E-state index is 0.0103. The third kappa shape index (κ3) is 2.30. The van der Waals surface area contributed by atoms with Gasteiger partial charge in [-0.15, -0.1) is 0 Å². The van der Waals surface area contributed by atoms with Crippen LogP contribution in [0, 0.1) is 17.5 Å². The van der Waals surface area contributed by atoms with E-state index in [0.717, 1.165) is 13.2 Å². The summed E-state index contributed by atoms with van der Waals surface area (Å²) in [4.78, 5) is 11.6. The maximum Gasteiger partial charge on any atom is 0.377 e. The van der Waals surface area contributed by atoms with Crippen LogP contribution in [-0.2, 0) is 4.74 Å². The van der Waals surface area contributed by atoms with E-state index in [1.54, 1.807) is 0 Å². The highest BCUT2D eigenvalue weighted by molar-refractivity contribution is 6.03. The molecule has 3 rings (SSSR count). The molecule has 0 aliphatic rings. The van der Waals surface area contributed by atoms with E-state index in [2.05, 4.69) is 4.74 Å². The van der Waals surface area contributed by atoms with E-state index in [4.69, 9.17) is 4.42 Å². The molecule has 0 bridgehead atoms. The summed E-state index contributed by atoms with van der Waals surface area (Å²) in [5.74, 6) is -5.51. The van der Waals surface area contributed by atoms with Crippen LogP contribution in [0.25, 0.3) is 22.1 Å². The van der Waals surface area contributed by atoms with Gasteiger partial charge in [0.15, 0.2) is 17.4 Å². The summed E-state index contributed by atoms with van der Waals surface area (Å²) in [6, 6.07) is 5.40. The fourth-order valence-corrected chi connectivity index (χ4v) is 2.30. The Hall–Kier alpha value is -2.96. The van der Waals surface area contributed by atoms with Gasteiger partial charge in [0.25, 0.3) is 5.76 Å². The standard InChI is InChI=1S/C16H9F3O4/c1-22-16(21)15-13(20)9-4-2-3-8(14(9)23-15)10-5-7(17)6-11(18)12(10)19/h2-6,20H,1H3. The molecule has 0 unspecified atom stereocenters. The largest absolute Gasteiger partial charge is 0.504 e. The summed E-state index contributed by atoms with van der Waals surface area (Å²) in [6.45, 7) is 0. The van der Waals surface area contributed by atoms with Gasteiger partial charge in [-0.2, -0.15) is 0 Å². The van der Waals surface area contributed by atoms with Crippen molar-refractivity contribution in [1.82, 2.24) is 0 Å². The Labute approximate surface area is 127 Å². The number of methoxy groups -OCH3 is 1. The quantitative estimate of drug-likeness (QED) is 0.572. The Balaban J connectivity index is 2.34. The van der Waals surface area contributed by atoms with Gasteiger partial charge in [0.1, 0.15) is 11.4 Å². The molecule has 118 valence electrons. The molecule has 0 aliphatic heterocycles. The number of carbonyl (C=O) groups excluding carboxylic acids is 1. The van der Waals surface area contributed by atoms with Gasteiger partial charge in [-0.05, 0) is 12.1 Å². The number of hydrogen-bond donors (Lipinski definition) is 1. The predicted molar refractivity (Wildman–Crippen MR) is 74.5 cm³/mol. The molecule has 0 spiro atoms. The van der Waals surface area contributed by atoms with Crippen molar-refractivity contribution in [3.63, 3.8) is 0 Å². The Kier molecular flexibility index (Phi) is 3.48. The van der Waals surface area contributed by atoms with E-state index in [0.29, 0.717) is 6.07 Å². The van der Waals surface area contributed by atoms with Crippen molar-refractivity contribution < 1.29 is 32.2 Å². The molecular weight excluding hydrogens is 313 g/mol. The fraction of sp³-hybridized carbons (Fsp3) is 0.0625. The maximum atomic E-state index is 14.0. The molecule has 1 aromatic heterocycles. The van der Waals surface area contributed by atoms with Crippen molar-refractivity contribution in [2.75, 3.05) is 7.11 Å². The number of benzene rings is 2. The summed E-state index contributed by atoms with van der Waals surface area (Å²) >= 11 is 0. The smallest absolute Gasteiger partial charge is 0.377 e. The van der Waals surface area contributed by atoms with Crippen molar-refractivity contribution in [2.45, 2.75) is 0 Å². The number of esters is 1. The molecule has 0 saturated heterocycles. The van der Waals surface area contributed by atoms with Crippen molar-refractivity contribution in [3.05, 3.63) is 53.5 Å². The normalized spacial score (nSPS) is 11.0. The average Bonchev–Trinajstić information content (AvgIpc) is 2.87. The van der Waals surface area contributed by atoms with Crippen LogP contribution in [0.5, 0.6) is 5.75 Å². The molecule has 1 N–H and O–H groups in total. The molecule has 4 nitrogen and oxygen atoms in total. The molecule has 0 aliphatic carbocycles. The van der Waals surface area contributed by atoms with E-state index < -0.39 is 40.5 Å². The highest BCUT2D eigenvalue weighted by Crippen LogP contribution is 2.39. The molecular formula is C16H9F3O4. The monoisotopic (exact) mass is 322 g/mol. The second-order valence-corrected chi connectivity index (χ2v) is 4.70. The number of carbonyl (C=O) groups is 1. The van der Waals surface area contributed by atoms with E-state index in [1.807, 2.05) is 0 Å². The zero-order valence-corrected chi connectivity index (χ0v) is 11.7. The Morgan fingerprint density at radius 3 is 2.61 bits per heavy atom. The van der Waals surface area contributed by atoms with Crippen LogP contribution in [0.3, 0.4) is 0 Å². The topological polar surface area (TPSA) is 59.7 Å². The summed E-state index contributed by atoms with van der Waals surface area (Å²) < 4.78 is 50.5. The summed E-state index contributed by atoms with van der Waals surface area (Å²) in [6.07, 6.45) is 0. The number of para-hydroxylation sites is 1. The zero-order chi connectivity index (χ0) is 16.7. The minimum Gasteiger partial charge on any atom is -0.504 e. The van der Waals surface area contributed by atoms with E-state index in [-0.39, 0.29) is 16.5 Å². The number of furan rings is 1. The third-order valence-corrected chi connectivity index (χ3v) is 3.34. The van der Waals surface area contributed by atoms with Crippen LogP contribution in [0.15, 0.2) is 34.7 Å². The molecule has 23 heavy (non-hydrogen) atoms. The number of rotatable bonds is 2. The Bertz CT molecular complexity index is 931. The van der Waals surface area contributed by atoms with E-state index in [1.165, 1.54) is 18.2 Å². The lowest BCUT2D eigenvalue weighted by molar-refractivity contribution is 0.0563. The first-order valence-electron chi connectivity index (χ1n) is 6.41. The summed E-state index contributed by atoms with van der Waals surface area (Å²) in [5, 5.41) is 10.1. The van der Waals surface area contributed by atoms with E-state index in [9.17, 15) is 23.1 Å². The fourth-order valence-electron chi connectivity index (χ4n) is 2.30. The van der Waals surface area contributed by atoms with Gasteiger partial charge in [-0.3, -0.25) is 0 Å². The van der Waals surface area contributed by atoms with Crippen LogP contribution >= 0.6 is 0 Å². The van der Waals surface area contributed by atoms with Gasteiger partial charge in [0.2, 0.25) is 0 Å². The Morgan fingerprint density at radius 1 is 1.17 bits per heavy atom. The van der Waals surface area contributed by atoms with Crippen LogP contribution < -0.4 is 0 Å². The van der Waals surface area contributed by atoms with Crippen LogP contribution in [0.2, 0.25) is 0 Å². The van der Waals surface area contributed by atoms with Crippen molar-refractivity contribution in [3.8, 4) is 16.9 Å². The SMILES string of the molecule is COC(=O)c1oc2c(-c3cc(F)cc(F)c3F)cccc2c1O. The number of aromatic hydroxyl groups is 1. The lowest BCUT2D eigenvalue weighted by Crippen LogP contribution is -1.98. The molecule has 1 heterocycles. The van der Waals surface area contributed by atoms with Crippen LogP contribution in [0.4, 0.5) is 13.2 Å². The minimum atomic E-state index is -1.36. The second kappa shape index (κ2) is 5.35. The first kappa shape index (κ1) is 15.0. The van der Waals surface area contributed by atoms with Crippen LogP contribution in [-0.4, -0.2) is 18.2 Å². The maximum absolute atomic E-state index is 14.0. The van der Waals surface area contributed by atoms with Crippen LogP contribution in [0.1, 0.15) is 10.6 Å². The predicted octanol–water partition coefficient (Wildman–Crippen LogP) is 4.01. The summed E-state index contributed by atoms with van der Waals surface area (Å²) in [7, 11) is 1.09. The average molecular weight is 322 g/mol. The van der Waals surface area contributed by atoms with Gasteiger partial charge in [-0.25, -0.2) is 18.0 Å². The number of fused-ring (bicyclic) bond motifs is 1. The lowest BCUT2D eigenvalue weighted by Gasteiger charge is -2.05. The van der Waals surface area contributed by atoms with Crippen molar-refractivity contribution >= 4 is 16.9 Å². The molecule has 0 saturated carbocycles. The molecule has 0 fully saturated rings. The lowest BCUT2D eigenvalue weighted by atomic mass is 10.0. The molecule has 0 amide bonds. The summed E-state index contributed by atoms with van der Waals surface area (Å²) in [5.41, 5.74) is -0.489. The van der Waals surface area contributed by atoms with Crippen molar-refractivity contribution in [2.24, 2.45) is 0 Å². The Morgan fingerprint density at radius 2 is 1.91 bits per heavy atom. The number of halogens is 3. The van der Waals surface area contributed by atoms with Gasteiger partial charge < -0.3 is 14.3 Å². The van der Waals surface area contributed by atoms with Gasteiger partial charge in [0, 0.05) is 17.2 Å². The third-order valence-electron chi connectivity index (χ3n) is 3.34. The van der Waals surface area contributed by atoms with Gasteiger partial charge >= 0.3 is 5.97 Å². The molecule has 0 radical (unpaired) electrons. The van der Waals surface area contributed by atoms with Crippen molar-refractivity contribution in [1.29, 1.82) is 0 Å². The second-order valence-electron chi connectivity index (χ2n) is 4.70.